The van der Waals surface area contributed by atoms with E-state index in [1.165, 1.54) is 16.7 Å². The van der Waals surface area contributed by atoms with E-state index in [0.29, 0.717) is 25.2 Å². The summed E-state index contributed by atoms with van der Waals surface area (Å²) in [6.07, 6.45) is 9.69. The molecule has 3 saturated carbocycles. The van der Waals surface area contributed by atoms with Crippen LogP contribution in [0.25, 0.3) is 5.57 Å². The molecule has 7 atom stereocenters. The highest BCUT2D eigenvalue weighted by Gasteiger charge is 2.71. The Morgan fingerprint density at radius 2 is 1.76 bits per heavy atom. The first-order chi connectivity index (χ1) is 20.9. The molecule has 0 saturated heterocycles. The fourth-order valence-corrected chi connectivity index (χ4v) is 12.0. The van der Waals surface area contributed by atoms with Crippen LogP contribution in [0.5, 0.6) is 0 Å². The highest BCUT2D eigenvalue weighted by atomic mass is 16.4. The number of nitrogens with zero attached hydrogens (tertiary/aromatic N) is 3. The van der Waals surface area contributed by atoms with Crippen molar-refractivity contribution >= 4 is 23.2 Å². The fraction of sp³-hybridized carbons (Fsp3) is 0.703. The van der Waals surface area contributed by atoms with Crippen LogP contribution in [0.4, 0.5) is 11.6 Å². The summed E-state index contributed by atoms with van der Waals surface area (Å²) in [6.45, 7) is 14.4. The van der Waals surface area contributed by atoms with Crippen LogP contribution in [0.2, 0.25) is 0 Å². The summed E-state index contributed by atoms with van der Waals surface area (Å²) in [5.41, 5.74) is 19.0. The van der Waals surface area contributed by atoms with E-state index in [1.54, 1.807) is 0 Å². The summed E-state index contributed by atoms with van der Waals surface area (Å²) in [5, 5.41) is 19.1. The summed E-state index contributed by atoms with van der Waals surface area (Å²) in [7, 11) is 3.85. The van der Waals surface area contributed by atoms with Gasteiger partial charge in [0.25, 0.3) is 0 Å². The molecule has 8 heteroatoms. The molecule has 0 radical (unpaired) electrons. The number of nitrogen functional groups attached to an aromatic ring is 1. The normalized spacial score (nSPS) is 39.5. The second-order valence-electron chi connectivity index (χ2n) is 17.4. The van der Waals surface area contributed by atoms with Gasteiger partial charge < -0.3 is 21.9 Å². The molecule has 0 aromatic carbocycles. The molecule has 2 heterocycles. The molecule has 7 rings (SSSR count). The third-order valence-corrected chi connectivity index (χ3v) is 14.6. The average Bonchev–Trinajstić information content (AvgIpc) is 3.26. The van der Waals surface area contributed by atoms with Crippen LogP contribution in [-0.2, 0) is 23.7 Å². The molecule has 5 aliphatic rings. The van der Waals surface area contributed by atoms with Crippen LogP contribution < -0.4 is 16.8 Å². The van der Waals surface area contributed by atoms with Gasteiger partial charge in [-0.2, -0.15) is 5.10 Å². The molecule has 8 nitrogen and oxygen atoms in total. The van der Waals surface area contributed by atoms with Crippen LogP contribution in [-0.4, -0.2) is 38.4 Å². The lowest BCUT2D eigenvalue weighted by Gasteiger charge is -2.70. The number of aromatic nitrogens is 3. The maximum absolute atomic E-state index is 13.3. The molecule has 0 spiro atoms. The number of carbonyl (C=O) groups is 1. The van der Waals surface area contributed by atoms with E-state index in [9.17, 15) is 9.90 Å². The molecule has 2 aromatic heterocycles. The maximum Gasteiger partial charge on any atom is 0.310 e. The van der Waals surface area contributed by atoms with Gasteiger partial charge in [0.05, 0.1) is 11.1 Å². The van der Waals surface area contributed by atoms with Crippen molar-refractivity contribution in [3.63, 3.8) is 0 Å². The number of allylic oxidation sites excluding steroid dienone is 1. The smallest absolute Gasteiger partial charge is 0.310 e. The Morgan fingerprint density at radius 3 is 2.40 bits per heavy atom. The molecule has 5 aliphatic carbocycles. The van der Waals surface area contributed by atoms with E-state index >= 15 is 0 Å². The minimum absolute atomic E-state index is 0.0528. The number of anilines is 2. The van der Waals surface area contributed by atoms with E-state index in [2.05, 4.69) is 52.9 Å². The Bertz CT molecular complexity index is 1600. The summed E-state index contributed by atoms with van der Waals surface area (Å²) in [5.74, 6) is 1.58. The Kier molecular flexibility index (Phi) is 6.40. The molecule has 2 aromatic rings. The molecule has 6 N–H and O–H groups in total. The molecule has 0 bridgehead atoms. The number of nitrogens with two attached hydrogens (primary N) is 2. The predicted octanol–water partition coefficient (Wildman–Crippen LogP) is 6.56. The van der Waals surface area contributed by atoms with E-state index < -0.39 is 16.9 Å². The fourth-order valence-electron chi connectivity index (χ4n) is 12.0. The second-order valence-corrected chi connectivity index (χ2v) is 17.4. The Hall–Kier alpha value is -2.87. The Balaban J connectivity index is 1.48. The van der Waals surface area contributed by atoms with E-state index in [0.717, 1.165) is 61.4 Å². The van der Waals surface area contributed by atoms with Gasteiger partial charge in [0.2, 0.25) is 0 Å². The second kappa shape index (κ2) is 9.36. The molecular formula is C37H54N6O2. The summed E-state index contributed by atoms with van der Waals surface area (Å²) >= 11 is 0. The predicted molar refractivity (Wildman–Crippen MR) is 179 cm³/mol. The van der Waals surface area contributed by atoms with Crippen LogP contribution in [0.1, 0.15) is 110 Å². The van der Waals surface area contributed by atoms with Crippen molar-refractivity contribution in [2.24, 2.45) is 52.2 Å². The Morgan fingerprint density at radius 1 is 1.04 bits per heavy atom. The first-order valence-electron chi connectivity index (χ1n) is 17.2. The first-order valence-corrected chi connectivity index (χ1v) is 17.2. The number of hydrogen-bond acceptors (Lipinski definition) is 6. The van der Waals surface area contributed by atoms with Crippen molar-refractivity contribution in [3.05, 3.63) is 40.7 Å². The lowest BCUT2D eigenvalue weighted by molar-refractivity contribution is -0.166. The first kappa shape index (κ1) is 30.8. The highest BCUT2D eigenvalue weighted by Crippen LogP contribution is 2.74. The van der Waals surface area contributed by atoms with Crippen molar-refractivity contribution in [2.75, 3.05) is 18.1 Å². The van der Waals surface area contributed by atoms with Gasteiger partial charge in [-0.25, -0.2) is 4.98 Å². The number of aliphatic carboxylic acids is 1. The monoisotopic (exact) mass is 614 g/mol. The third-order valence-electron chi connectivity index (χ3n) is 14.6. The van der Waals surface area contributed by atoms with Gasteiger partial charge in [-0.3, -0.25) is 9.48 Å². The van der Waals surface area contributed by atoms with Crippen molar-refractivity contribution in [1.82, 2.24) is 14.8 Å². The lowest BCUT2D eigenvalue weighted by atomic mass is 9.34. The standard InChI is InChI=1S/C37H54N6O2/c1-32(2)13-14-36(31(44)45)15-16-37(39)28(24(36)19-32)22(21-9-10-27(40-7)41-20-21)17-26-34(5)18-23-29(42-43(8)30(23)38)33(3,4)25(34)11-12-35(26,37)6/h9-10,20,24-26H,11-19,38-39H2,1-8H3,(H,40,41)(H,44,45)/t24-,25-,26?,34-,35+,36-,37-/m0/s1. The molecule has 45 heavy (non-hydrogen) atoms. The summed E-state index contributed by atoms with van der Waals surface area (Å²) in [6, 6.07) is 4.23. The topological polar surface area (TPSA) is 132 Å². The zero-order valence-electron chi connectivity index (χ0n) is 28.7. The summed E-state index contributed by atoms with van der Waals surface area (Å²) in [4.78, 5) is 18.1. The van der Waals surface area contributed by atoms with Gasteiger partial charge >= 0.3 is 5.97 Å². The maximum atomic E-state index is 13.3. The van der Waals surface area contributed by atoms with Gasteiger partial charge in [-0.15, -0.1) is 0 Å². The number of hydrogen-bond donors (Lipinski definition) is 4. The van der Waals surface area contributed by atoms with E-state index in [-0.39, 0.29) is 33.5 Å². The lowest BCUT2D eigenvalue weighted by Crippen LogP contribution is -2.71. The highest BCUT2D eigenvalue weighted by molar-refractivity contribution is 5.81. The number of fused-ring (bicyclic) bond motifs is 8. The van der Waals surface area contributed by atoms with Crippen LogP contribution in [0.3, 0.4) is 0 Å². The molecule has 0 aliphatic heterocycles. The van der Waals surface area contributed by atoms with Crippen LogP contribution in [0, 0.1) is 39.4 Å². The van der Waals surface area contributed by atoms with Crippen molar-refractivity contribution in [3.8, 4) is 0 Å². The number of carboxylic acids is 1. The Labute approximate surface area is 268 Å². The van der Waals surface area contributed by atoms with Crippen molar-refractivity contribution in [2.45, 2.75) is 110 Å². The van der Waals surface area contributed by atoms with Gasteiger partial charge in [0.15, 0.2) is 0 Å². The SMILES string of the molecule is CNc1ccc(C2=C3[C@@H]4CC(C)(C)CC[C@]4(C(=O)O)CC[C@@]3(N)[C@]3(C)CC[C@H]4C(C)(C)c5nn(C)c(N)c5C[C@]4(C)C3C2)cn1. The zero-order chi connectivity index (χ0) is 32.5. The molecular weight excluding hydrogens is 560 g/mol. The van der Waals surface area contributed by atoms with Gasteiger partial charge in [-0.1, -0.05) is 41.5 Å². The molecule has 1 unspecified atom stereocenters. The number of pyridine rings is 1. The molecule has 0 amide bonds. The minimum Gasteiger partial charge on any atom is -0.481 e. The quantitative estimate of drug-likeness (QED) is 0.308. The third kappa shape index (κ3) is 3.84. The van der Waals surface area contributed by atoms with Gasteiger partial charge in [0.1, 0.15) is 11.6 Å². The van der Waals surface area contributed by atoms with Crippen molar-refractivity contribution in [1.29, 1.82) is 0 Å². The molecule has 3 fully saturated rings. The van der Waals surface area contributed by atoms with Gasteiger partial charge in [-0.05, 0) is 121 Å². The van der Waals surface area contributed by atoms with E-state index in [1.807, 2.05) is 31.0 Å². The summed E-state index contributed by atoms with van der Waals surface area (Å²) < 4.78 is 1.87. The van der Waals surface area contributed by atoms with Crippen LogP contribution in [0.15, 0.2) is 23.9 Å². The number of rotatable bonds is 3. The number of carboxylic acid groups (broad SMARTS) is 1. The number of aryl methyl sites for hydroxylation is 1. The largest absolute Gasteiger partial charge is 0.481 e. The van der Waals surface area contributed by atoms with E-state index in [4.69, 9.17) is 21.5 Å². The van der Waals surface area contributed by atoms with Crippen LogP contribution >= 0.6 is 0 Å². The minimum atomic E-state index is -0.770. The zero-order valence-corrected chi connectivity index (χ0v) is 28.7. The van der Waals surface area contributed by atoms with Gasteiger partial charge in [0, 0.05) is 36.8 Å². The number of nitrogens with one attached hydrogen (secondary N) is 1. The average molecular weight is 615 g/mol. The molecule has 244 valence electrons. The van der Waals surface area contributed by atoms with Crippen molar-refractivity contribution < 1.29 is 9.90 Å².